The molecular formula is C20H30N4O4S. The number of benzene rings is 1. The number of hydrogen-bond acceptors (Lipinski definition) is 5. The minimum Gasteiger partial charge on any atom is -0.358 e. The smallest absolute Gasteiger partial charge is 0.250 e. The van der Waals surface area contributed by atoms with Crippen LogP contribution in [0, 0.1) is 5.92 Å². The van der Waals surface area contributed by atoms with Gasteiger partial charge in [0.05, 0.1) is 16.3 Å². The Morgan fingerprint density at radius 1 is 1.24 bits per heavy atom. The van der Waals surface area contributed by atoms with E-state index >= 15 is 0 Å². The molecule has 160 valence electrons. The minimum atomic E-state index is -3.65. The lowest BCUT2D eigenvalue weighted by Crippen LogP contribution is -2.57. The number of anilines is 2. The van der Waals surface area contributed by atoms with E-state index in [0.717, 1.165) is 35.8 Å². The van der Waals surface area contributed by atoms with Crippen LogP contribution < -0.4 is 15.1 Å². The lowest BCUT2D eigenvalue weighted by molar-refractivity contribution is -0.125. The summed E-state index contributed by atoms with van der Waals surface area (Å²) in [6, 6.07) is 4.55. The molecule has 0 radical (unpaired) electrons. The van der Waals surface area contributed by atoms with Crippen molar-refractivity contribution in [2.75, 3.05) is 43.5 Å². The van der Waals surface area contributed by atoms with E-state index in [1.165, 1.54) is 25.1 Å². The molecule has 1 saturated heterocycles. The summed E-state index contributed by atoms with van der Waals surface area (Å²) in [6.07, 6.45) is 2.68. The molecular weight excluding hydrogens is 392 g/mol. The van der Waals surface area contributed by atoms with E-state index in [0.29, 0.717) is 18.2 Å². The minimum absolute atomic E-state index is 0.108. The highest BCUT2D eigenvalue weighted by molar-refractivity contribution is 7.89. The molecule has 2 aliphatic heterocycles. The molecule has 1 atom stereocenters. The number of nitrogens with zero attached hydrogens (tertiary/aromatic N) is 3. The lowest BCUT2D eigenvalue weighted by atomic mass is 9.96. The number of carbonyl (C=O) groups is 2. The highest BCUT2D eigenvalue weighted by Crippen LogP contribution is 2.40. The summed E-state index contributed by atoms with van der Waals surface area (Å²) in [5.74, 6) is -0.0895. The molecule has 0 saturated carbocycles. The number of piperidine rings is 1. The van der Waals surface area contributed by atoms with Crippen molar-refractivity contribution in [3.05, 3.63) is 18.2 Å². The Kier molecular flexibility index (Phi) is 6.19. The fraction of sp³-hybridized carbons (Fsp3) is 0.600. The molecule has 0 spiro atoms. The van der Waals surface area contributed by atoms with Crippen molar-refractivity contribution in [3.8, 4) is 0 Å². The van der Waals surface area contributed by atoms with E-state index in [2.05, 4.69) is 10.2 Å². The second-order valence-electron chi connectivity index (χ2n) is 8.27. The molecule has 8 nitrogen and oxygen atoms in total. The van der Waals surface area contributed by atoms with Gasteiger partial charge in [0.15, 0.2) is 0 Å². The standard InChI is InChI=1S/C20H30N4O4S/c1-14(2)12-21-19(25)13-24-18-11-15(29(27,28)22(3)4)8-9-16(18)23-10-6-5-7-17(23)20(24)26/h8-9,11,14,17H,5-7,10,12-13H2,1-4H3,(H,21,25)/t17-/m0/s1. The van der Waals surface area contributed by atoms with Crippen molar-refractivity contribution in [3.63, 3.8) is 0 Å². The molecule has 29 heavy (non-hydrogen) atoms. The Balaban J connectivity index is 2.01. The quantitative estimate of drug-likeness (QED) is 0.749. The Labute approximate surface area is 172 Å². The van der Waals surface area contributed by atoms with Crippen molar-refractivity contribution < 1.29 is 18.0 Å². The maximum atomic E-state index is 13.2. The van der Waals surface area contributed by atoms with Gasteiger partial charge in [-0.05, 0) is 43.4 Å². The van der Waals surface area contributed by atoms with Crippen LogP contribution in [-0.4, -0.2) is 64.3 Å². The number of nitrogens with one attached hydrogen (secondary N) is 1. The topological polar surface area (TPSA) is 90.0 Å². The third-order valence-electron chi connectivity index (χ3n) is 5.39. The van der Waals surface area contributed by atoms with E-state index in [4.69, 9.17) is 0 Å². The fourth-order valence-electron chi connectivity index (χ4n) is 3.79. The molecule has 2 aliphatic rings. The van der Waals surface area contributed by atoms with Crippen LogP contribution >= 0.6 is 0 Å². The van der Waals surface area contributed by atoms with Gasteiger partial charge in [-0.15, -0.1) is 0 Å². The van der Waals surface area contributed by atoms with Crippen molar-refractivity contribution in [2.24, 2.45) is 5.92 Å². The van der Waals surface area contributed by atoms with E-state index < -0.39 is 10.0 Å². The van der Waals surface area contributed by atoms with Crippen LogP contribution in [0.1, 0.15) is 33.1 Å². The zero-order valence-corrected chi connectivity index (χ0v) is 18.3. The highest BCUT2D eigenvalue weighted by Gasteiger charge is 2.40. The van der Waals surface area contributed by atoms with Crippen LogP contribution in [0.15, 0.2) is 23.1 Å². The van der Waals surface area contributed by atoms with Crippen LogP contribution in [0.3, 0.4) is 0 Å². The van der Waals surface area contributed by atoms with Gasteiger partial charge in [0.25, 0.3) is 0 Å². The van der Waals surface area contributed by atoms with Crippen molar-refractivity contribution >= 4 is 33.2 Å². The summed E-state index contributed by atoms with van der Waals surface area (Å²) >= 11 is 0. The first-order valence-electron chi connectivity index (χ1n) is 10.0. The van der Waals surface area contributed by atoms with Gasteiger partial charge in [-0.2, -0.15) is 0 Å². The third-order valence-corrected chi connectivity index (χ3v) is 7.20. The normalized spacial score (nSPS) is 19.4. The Morgan fingerprint density at radius 2 is 1.97 bits per heavy atom. The number of amides is 2. The maximum Gasteiger partial charge on any atom is 0.250 e. The van der Waals surface area contributed by atoms with Crippen LogP contribution in [0.5, 0.6) is 0 Å². The van der Waals surface area contributed by atoms with E-state index in [1.807, 2.05) is 13.8 Å². The summed E-state index contributed by atoms with van der Waals surface area (Å²) in [4.78, 5) is 29.3. The fourth-order valence-corrected chi connectivity index (χ4v) is 4.71. The Morgan fingerprint density at radius 3 is 2.62 bits per heavy atom. The van der Waals surface area contributed by atoms with E-state index in [-0.39, 0.29) is 29.3 Å². The summed E-state index contributed by atoms with van der Waals surface area (Å²) in [7, 11) is -0.714. The first-order chi connectivity index (χ1) is 13.6. The van der Waals surface area contributed by atoms with Gasteiger partial charge in [-0.25, -0.2) is 12.7 Å². The van der Waals surface area contributed by atoms with Gasteiger partial charge >= 0.3 is 0 Å². The van der Waals surface area contributed by atoms with Crippen molar-refractivity contribution in [1.82, 2.24) is 9.62 Å². The molecule has 0 aliphatic carbocycles. The highest BCUT2D eigenvalue weighted by atomic mass is 32.2. The zero-order chi connectivity index (χ0) is 21.3. The van der Waals surface area contributed by atoms with Crippen LogP contribution in [0.2, 0.25) is 0 Å². The lowest BCUT2D eigenvalue weighted by Gasteiger charge is -2.45. The first-order valence-corrected chi connectivity index (χ1v) is 11.5. The SMILES string of the molecule is CC(C)CNC(=O)CN1C(=O)[C@@H]2CCCCN2c2ccc(S(=O)(=O)N(C)C)cc21. The average molecular weight is 423 g/mol. The molecule has 2 heterocycles. The molecule has 9 heteroatoms. The van der Waals surface area contributed by atoms with E-state index in [1.54, 1.807) is 12.1 Å². The first kappa shape index (κ1) is 21.6. The van der Waals surface area contributed by atoms with Crippen LogP contribution in [0.4, 0.5) is 11.4 Å². The third kappa shape index (κ3) is 4.25. The summed E-state index contributed by atoms with van der Waals surface area (Å²) in [5.41, 5.74) is 1.29. The summed E-state index contributed by atoms with van der Waals surface area (Å²) in [5, 5.41) is 2.84. The van der Waals surface area contributed by atoms with Crippen molar-refractivity contribution in [2.45, 2.75) is 44.0 Å². The van der Waals surface area contributed by atoms with Crippen LogP contribution in [-0.2, 0) is 19.6 Å². The second-order valence-corrected chi connectivity index (χ2v) is 10.4. The molecule has 0 unspecified atom stereocenters. The average Bonchev–Trinajstić information content (AvgIpc) is 2.69. The molecule has 0 bridgehead atoms. The number of fused-ring (bicyclic) bond motifs is 3. The number of hydrogen-bond donors (Lipinski definition) is 1. The Bertz CT molecular complexity index is 898. The van der Waals surface area contributed by atoms with Gasteiger partial charge in [-0.3, -0.25) is 14.5 Å². The molecule has 1 aromatic rings. The number of rotatable bonds is 6. The largest absolute Gasteiger partial charge is 0.358 e. The van der Waals surface area contributed by atoms with Crippen LogP contribution in [0.25, 0.3) is 0 Å². The Hall–Kier alpha value is -2.13. The number of sulfonamides is 1. The predicted octanol–water partition coefficient (Wildman–Crippen LogP) is 1.41. The zero-order valence-electron chi connectivity index (χ0n) is 17.5. The van der Waals surface area contributed by atoms with Gasteiger partial charge in [-0.1, -0.05) is 13.8 Å². The molecule has 0 aromatic heterocycles. The molecule has 1 N–H and O–H groups in total. The predicted molar refractivity (Wildman–Crippen MR) is 113 cm³/mol. The van der Waals surface area contributed by atoms with Gasteiger partial charge < -0.3 is 10.2 Å². The van der Waals surface area contributed by atoms with Crippen molar-refractivity contribution in [1.29, 1.82) is 0 Å². The molecule has 2 amide bonds. The summed E-state index contributed by atoms with van der Waals surface area (Å²) < 4.78 is 26.4. The van der Waals surface area contributed by atoms with E-state index in [9.17, 15) is 18.0 Å². The monoisotopic (exact) mass is 422 g/mol. The summed E-state index contributed by atoms with van der Waals surface area (Å²) in [6.45, 7) is 5.16. The maximum absolute atomic E-state index is 13.2. The van der Waals surface area contributed by atoms with Gasteiger partial charge in [0, 0.05) is 27.2 Å². The second kappa shape index (κ2) is 8.31. The molecule has 1 fully saturated rings. The van der Waals surface area contributed by atoms with Gasteiger partial charge in [0.1, 0.15) is 12.6 Å². The van der Waals surface area contributed by atoms with Gasteiger partial charge in [0.2, 0.25) is 21.8 Å². The molecule has 3 rings (SSSR count). The number of carbonyl (C=O) groups excluding carboxylic acids is 2. The molecule has 1 aromatic carbocycles.